The van der Waals surface area contributed by atoms with E-state index in [-0.39, 0.29) is 0 Å². The van der Waals surface area contributed by atoms with Crippen LogP contribution in [0.3, 0.4) is 0 Å². The Bertz CT molecular complexity index is 623. The van der Waals surface area contributed by atoms with E-state index in [1.807, 2.05) is 24.3 Å². The zero-order valence-electron chi connectivity index (χ0n) is 12.8. The predicted octanol–water partition coefficient (Wildman–Crippen LogP) is 4.20. The quantitative estimate of drug-likeness (QED) is 0.837. The number of benzene rings is 2. The first-order valence-electron chi connectivity index (χ1n) is 6.84. The molecule has 2 aromatic rings. The summed E-state index contributed by atoms with van der Waals surface area (Å²) in [7, 11) is 3.19. The second kappa shape index (κ2) is 6.39. The van der Waals surface area contributed by atoms with Crippen LogP contribution < -0.4 is 19.9 Å². The first kappa shape index (κ1) is 15.0. The Labute approximate surface area is 125 Å². The van der Waals surface area contributed by atoms with Gasteiger partial charge in [-0.2, -0.15) is 0 Å². The van der Waals surface area contributed by atoms with Gasteiger partial charge in [-0.3, -0.25) is 0 Å². The molecular formula is C17H21NO3. The summed E-state index contributed by atoms with van der Waals surface area (Å²) in [5.41, 5.74) is 7.86. The van der Waals surface area contributed by atoms with Gasteiger partial charge >= 0.3 is 0 Å². The Morgan fingerprint density at radius 2 is 1.52 bits per heavy atom. The fourth-order valence-corrected chi connectivity index (χ4v) is 2.03. The molecule has 2 rings (SSSR count). The molecular weight excluding hydrogens is 266 g/mol. The van der Waals surface area contributed by atoms with Gasteiger partial charge in [0.25, 0.3) is 0 Å². The van der Waals surface area contributed by atoms with E-state index in [1.54, 1.807) is 26.4 Å². The molecule has 0 radical (unpaired) electrons. The standard InChI is InChI=1S/C17H21NO3/c1-11(2)12-5-7-15(14(18)9-12)21-13-6-8-16(19-3)17(10-13)20-4/h5-11H,18H2,1-4H3. The number of ether oxygens (including phenoxy) is 3. The first-order chi connectivity index (χ1) is 10.0. The van der Waals surface area contributed by atoms with E-state index in [4.69, 9.17) is 19.9 Å². The fraction of sp³-hybridized carbons (Fsp3) is 0.294. The summed E-state index contributed by atoms with van der Waals surface area (Å²) < 4.78 is 16.3. The van der Waals surface area contributed by atoms with Crippen molar-refractivity contribution in [1.82, 2.24) is 0 Å². The third kappa shape index (κ3) is 3.40. The summed E-state index contributed by atoms with van der Waals surface area (Å²) in [5, 5.41) is 0. The molecule has 0 aliphatic heterocycles. The topological polar surface area (TPSA) is 53.7 Å². The van der Waals surface area contributed by atoms with Crippen LogP contribution in [0.4, 0.5) is 5.69 Å². The fourth-order valence-electron chi connectivity index (χ4n) is 2.03. The molecule has 0 unspecified atom stereocenters. The number of nitrogen functional groups attached to an aromatic ring is 1. The van der Waals surface area contributed by atoms with Crippen molar-refractivity contribution in [2.45, 2.75) is 19.8 Å². The van der Waals surface area contributed by atoms with Gasteiger partial charge in [0.2, 0.25) is 0 Å². The van der Waals surface area contributed by atoms with Crippen LogP contribution in [0.1, 0.15) is 25.3 Å². The summed E-state index contributed by atoms with van der Waals surface area (Å²) in [6, 6.07) is 11.2. The lowest BCUT2D eigenvalue weighted by atomic mass is 10.0. The van der Waals surface area contributed by atoms with Crippen molar-refractivity contribution in [3.05, 3.63) is 42.0 Å². The second-order valence-electron chi connectivity index (χ2n) is 5.07. The Balaban J connectivity index is 2.26. The highest BCUT2D eigenvalue weighted by atomic mass is 16.5. The number of hydrogen-bond donors (Lipinski definition) is 1. The van der Waals surface area contributed by atoms with Gasteiger partial charge in [0, 0.05) is 6.07 Å². The Morgan fingerprint density at radius 3 is 2.10 bits per heavy atom. The number of nitrogens with two attached hydrogens (primary N) is 1. The van der Waals surface area contributed by atoms with Gasteiger partial charge in [-0.1, -0.05) is 19.9 Å². The summed E-state index contributed by atoms with van der Waals surface area (Å²) in [4.78, 5) is 0. The zero-order valence-corrected chi connectivity index (χ0v) is 12.8. The SMILES string of the molecule is COc1ccc(Oc2ccc(C(C)C)cc2N)cc1OC. The largest absolute Gasteiger partial charge is 0.493 e. The molecule has 4 heteroatoms. The first-order valence-corrected chi connectivity index (χ1v) is 6.84. The lowest BCUT2D eigenvalue weighted by molar-refractivity contribution is 0.352. The van der Waals surface area contributed by atoms with Crippen molar-refractivity contribution < 1.29 is 14.2 Å². The number of hydrogen-bond acceptors (Lipinski definition) is 4. The molecule has 112 valence electrons. The number of rotatable bonds is 5. The monoisotopic (exact) mass is 287 g/mol. The normalized spacial score (nSPS) is 10.5. The molecule has 0 saturated carbocycles. The van der Waals surface area contributed by atoms with E-state index in [1.165, 1.54) is 5.56 Å². The van der Waals surface area contributed by atoms with Crippen molar-refractivity contribution in [2.75, 3.05) is 20.0 Å². The second-order valence-corrected chi connectivity index (χ2v) is 5.07. The lowest BCUT2D eigenvalue weighted by Gasteiger charge is -2.13. The summed E-state index contributed by atoms with van der Waals surface area (Å²) >= 11 is 0. The number of anilines is 1. The molecule has 0 heterocycles. The smallest absolute Gasteiger partial charge is 0.164 e. The van der Waals surface area contributed by atoms with Crippen LogP contribution in [-0.2, 0) is 0 Å². The molecule has 0 saturated heterocycles. The molecule has 4 nitrogen and oxygen atoms in total. The molecule has 0 spiro atoms. The van der Waals surface area contributed by atoms with Gasteiger partial charge < -0.3 is 19.9 Å². The highest BCUT2D eigenvalue weighted by Gasteiger charge is 2.09. The highest BCUT2D eigenvalue weighted by molar-refractivity contribution is 5.57. The Morgan fingerprint density at radius 1 is 0.857 bits per heavy atom. The van der Waals surface area contributed by atoms with Gasteiger partial charge in [0.05, 0.1) is 19.9 Å². The van der Waals surface area contributed by atoms with Gasteiger partial charge in [0.15, 0.2) is 11.5 Å². The third-order valence-corrected chi connectivity index (χ3v) is 3.28. The van der Waals surface area contributed by atoms with E-state index in [2.05, 4.69) is 13.8 Å². The molecule has 0 aromatic heterocycles. The molecule has 0 aliphatic carbocycles. The molecule has 0 fully saturated rings. The van der Waals surface area contributed by atoms with Crippen LogP contribution in [0.15, 0.2) is 36.4 Å². The van der Waals surface area contributed by atoms with Crippen LogP contribution in [0, 0.1) is 0 Å². The lowest BCUT2D eigenvalue weighted by Crippen LogP contribution is -1.96. The minimum absolute atomic E-state index is 0.433. The minimum Gasteiger partial charge on any atom is -0.493 e. The summed E-state index contributed by atoms with van der Waals surface area (Å²) in [6.45, 7) is 4.26. The van der Waals surface area contributed by atoms with Gasteiger partial charge in [-0.15, -0.1) is 0 Å². The van der Waals surface area contributed by atoms with E-state index in [0.29, 0.717) is 34.6 Å². The van der Waals surface area contributed by atoms with Gasteiger partial charge in [0.1, 0.15) is 11.5 Å². The summed E-state index contributed by atoms with van der Waals surface area (Å²) in [5.74, 6) is 2.99. The van der Waals surface area contributed by atoms with E-state index in [0.717, 1.165) is 0 Å². The Hall–Kier alpha value is -2.36. The maximum atomic E-state index is 6.05. The van der Waals surface area contributed by atoms with E-state index >= 15 is 0 Å². The average Bonchev–Trinajstić information content (AvgIpc) is 2.48. The molecule has 0 aliphatic rings. The van der Waals surface area contributed by atoms with Crippen LogP contribution >= 0.6 is 0 Å². The predicted molar refractivity (Wildman–Crippen MR) is 84.6 cm³/mol. The van der Waals surface area contributed by atoms with Gasteiger partial charge in [-0.05, 0) is 35.7 Å². The van der Waals surface area contributed by atoms with Crippen molar-refractivity contribution >= 4 is 5.69 Å². The Kier molecular flexibility index (Phi) is 4.58. The molecule has 0 bridgehead atoms. The third-order valence-electron chi connectivity index (χ3n) is 3.28. The maximum Gasteiger partial charge on any atom is 0.164 e. The average molecular weight is 287 g/mol. The van der Waals surface area contributed by atoms with E-state index < -0.39 is 0 Å². The molecule has 21 heavy (non-hydrogen) atoms. The molecule has 0 atom stereocenters. The molecule has 2 aromatic carbocycles. The highest BCUT2D eigenvalue weighted by Crippen LogP contribution is 2.35. The van der Waals surface area contributed by atoms with Crippen LogP contribution in [0.5, 0.6) is 23.0 Å². The molecule has 2 N–H and O–H groups in total. The van der Waals surface area contributed by atoms with Gasteiger partial charge in [-0.25, -0.2) is 0 Å². The summed E-state index contributed by atoms with van der Waals surface area (Å²) in [6.07, 6.45) is 0. The van der Waals surface area contributed by atoms with Crippen LogP contribution in [0.25, 0.3) is 0 Å². The van der Waals surface area contributed by atoms with Crippen LogP contribution in [0.2, 0.25) is 0 Å². The van der Waals surface area contributed by atoms with Crippen molar-refractivity contribution in [3.63, 3.8) is 0 Å². The zero-order chi connectivity index (χ0) is 15.4. The van der Waals surface area contributed by atoms with E-state index in [9.17, 15) is 0 Å². The number of methoxy groups -OCH3 is 2. The molecule has 0 amide bonds. The minimum atomic E-state index is 0.433. The maximum absolute atomic E-state index is 6.05. The van der Waals surface area contributed by atoms with Crippen molar-refractivity contribution in [1.29, 1.82) is 0 Å². The van der Waals surface area contributed by atoms with Crippen LogP contribution in [-0.4, -0.2) is 14.2 Å². The van der Waals surface area contributed by atoms with Crippen molar-refractivity contribution in [2.24, 2.45) is 0 Å². The van der Waals surface area contributed by atoms with Crippen molar-refractivity contribution in [3.8, 4) is 23.0 Å².